The smallest absolute Gasteiger partial charge is 0.352 e. The zero-order chi connectivity index (χ0) is 20.0. The normalized spacial score (nSPS) is 25.4. The summed E-state index contributed by atoms with van der Waals surface area (Å²) in [7, 11) is 0. The van der Waals surface area contributed by atoms with E-state index in [1.165, 1.54) is 0 Å². The van der Waals surface area contributed by atoms with Crippen LogP contribution in [0.1, 0.15) is 17.5 Å². The number of nitrogens with zero attached hydrogens (tertiary/aromatic N) is 1. The predicted octanol–water partition coefficient (Wildman–Crippen LogP) is 3.59. The second-order valence-corrected chi connectivity index (χ2v) is 7.01. The van der Waals surface area contributed by atoms with Crippen LogP contribution in [0.25, 0.3) is 0 Å². The van der Waals surface area contributed by atoms with E-state index in [-0.39, 0.29) is 42.3 Å². The van der Waals surface area contributed by atoms with Crippen LogP contribution in [0.15, 0.2) is 18.2 Å². The number of piperidine rings is 1. The minimum atomic E-state index is -4.82. The summed E-state index contributed by atoms with van der Waals surface area (Å²) in [4.78, 5) is 13.8. The summed E-state index contributed by atoms with van der Waals surface area (Å²) in [6.45, 7) is 0.553. The number of carbonyl (C=O) groups excluding carboxylic acids is 1. The van der Waals surface area contributed by atoms with E-state index in [4.69, 9.17) is 0 Å². The molecule has 1 heterocycles. The van der Waals surface area contributed by atoms with Crippen molar-refractivity contribution in [3.05, 3.63) is 35.1 Å². The second-order valence-electron chi connectivity index (χ2n) is 7.01. The van der Waals surface area contributed by atoms with Crippen LogP contribution >= 0.6 is 0 Å². The van der Waals surface area contributed by atoms with Gasteiger partial charge in [-0.3, -0.25) is 4.79 Å². The minimum Gasteiger partial charge on any atom is -0.352 e. The van der Waals surface area contributed by atoms with E-state index >= 15 is 0 Å². The molecule has 1 aromatic carbocycles. The lowest BCUT2D eigenvalue weighted by Crippen LogP contribution is -2.33. The van der Waals surface area contributed by atoms with Gasteiger partial charge in [-0.1, -0.05) is 6.07 Å². The number of carbonyl (C=O) groups is 1. The summed E-state index contributed by atoms with van der Waals surface area (Å²) in [6.07, 6.45) is -9.93. The van der Waals surface area contributed by atoms with Crippen molar-refractivity contribution >= 4 is 5.91 Å². The molecule has 3 rings (SSSR count). The van der Waals surface area contributed by atoms with Crippen molar-refractivity contribution in [3.63, 3.8) is 0 Å². The molecule has 0 spiro atoms. The van der Waals surface area contributed by atoms with E-state index < -0.39 is 30.2 Å². The molecule has 10 heteroatoms. The minimum absolute atomic E-state index is 0.0165. The lowest BCUT2D eigenvalue weighted by molar-refractivity contribution is -0.140. The number of hydrogen-bond acceptors (Lipinski definition) is 2. The third-order valence-corrected chi connectivity index (χ3v) is 5.09. The van der Waals surface area contributed by atoms with Gasteiger partial charge in [0.2, 0.25) is 5.91 Å². The number of halogens is 7. The first-order valence-electron chi connectivity index (χ1n) is 8.38. The van der Waals surface area contributed by atoms with Crippen molar-refractivity contribution in [1.29, 1.82) is 0 Å². The fourth-order valence-corrected chi connectivity index (χ4v) is 3.68. The molecule has 1 amide bonds. The van der Waals surface area contributed by atoms with E-state index in [9.17, 15) is 35.5 Å². The highest BCUT2D eigenvalue weighted by molar-refractivity contribution is 5.82. The van der Waals surface area contributed by atoms with Crippen LogP contribution in [0.2, 0.25) is 0 Å². The number of hydrogen-bond donors (Lipinski definition) is 1. The maximum absolute atomic E-state index is 13.2. The van der Waals surface area contributed by atoms with Gasteiger partial charge in [-0.05, 0) is 29.5 Å². The van der Waals surface area contributed by atoms with Gasteiger partial charge in [0.05, 0.1) is 12.0 Å². The van der Waals surface area contributed by atoms with Gasteiger partial charge in [-0.25, -0.2) is 4.39 Å². The summed E-state index contributed by atoms with van der Waals surface area (Å²) < 4.78 is 88.0. The third-order valence-electron chi connectivity index (χ3n) is 5.09. The largest absolute Gasteiger partial charge is 0.419 e. The van der Waals surface area contributed by atoms with Crippen molar-refractivity contribution < 1.29 is 35.5 Å². The Kier molecular flexibility index (Phi) is 5.13. The predicted molar refractivity (Wildman–Crippen MR) is 80.8 cm³/mol. The molecule has 2 unspecified atom stereocenters. The topological polar surface area (TPSA) is 32.3 Å². The second kappa shape index (κ2) is 6.96. The molecule has 1 N–H and O–H groups in total. The molecule has 2 aliphatic rings. The number of nitrogens with one attached hydrogen (secondary N) is 1. The van der Waals surface area contributed by atoms with E-state index in [2.05, 4.69) is 5.32 Å². The molecular weight excluding hydrogens is 381 g/mol. The molecule has 1 aliphatic carbocycles. The fraction of sp³-hybridized carbons (Fsp3) is 0.588. The van der Waals surface area contributed by atoms with Crippen molar-refractivity contribution in [2.24, 2.45) is 17.8 Å². The molecule has 1 aromatic rings. The van der Waals surface area contributed by atoms with Gasteiger partial charge >= 0.3 is 12.4 Å². The molecular formula is C17H17F7N2O. The zero-order valence-corrected chi connectivity index (χ0v) is 14.0. The van der Waals surface area contributed by atoms with E-state index in [0.29, 0.717) is 25.2 Å². The SMILES string of the molecule is O=C(NCc1ccc(F)c(C(F)(F)F)c1)C1C2CN(CCC(F)(F)F)CC21. The molecule has 0 radical (unpaired) electrons. The Balaban J connectivity index is 1.47. The molecule has 150 valence electrons. The Bertz CT molecular complexity index is 704. The van der Waals surface area contributed by atoms with Crippen LogP contribution in [-0.2, 0) is 17.5 Å². The first-order chi connectivity index (χ1) is 12.5. The van der Waals surface area contributed by atoms with Crippen LogP contribution < -0.4 is 5.32 Å². The number of amides is 1. The maximum atomic E-state index is 13.2. The highest BCUT2D eigenvalue weighted by Gasteiger charge is 2.59. The molecule has 1 saturated carbocycles. The molecule has 1 saturated heterocycles. The van der Waals surface area contributed by atoms with Gasteiger partial charge in [-0.15, -0.1) is 0 Å². The summed E-state index contributed by atoms with van der Waals surface area (Å²) in [5.74, 6) is -2.07. The molecule has 0 aromatic heterocycles. The van der Waals surface area contributed by atoms with Crippen LogP contribution in [0, 0.1) is 23.6 Å². The van der Waals surface area contributed by atoms with Gasteiger partial charge in [0.25, 0.3) is 0 Å². The molecule has 1 aliphatic heterocycles. The Morgan fingerprint density at radius 2 is 1.74 bits per heavy atom. The first kappa shape index (κ1) is 19.9. The van der Waals surface area contributed by atoms with Crippen LogP contribution in [0.3, 0.4) is 0 Å². The van der Waals surface area contributed by atoms with Gasteiger partial charge in [0.1, 0.15) is 5.82 Å². The summed E-state index contributed by atoms with van der Waals surface area (Å²) in [6, 6.07) is 2.52. The summed E-state index contributed by atoms with van der Waals surface area (Å²) in [5, 5.41) is 2.53. The highest BCUT2D eigenvalue weighted by Crippen LogP contribution is 2.51. The lowest BCUT2D eigenvalue weighted by atomic mass is 10.1. The Hall–Kier alpha value is -1.84. The Labute approximate surface area is 150 Å². The average Bonchev–Trinajstić information content (AvgIpc) is 3.05. The van der Waals surface area contributed by atoms with Crippen molar-refractivity contribution in [1.82, 2.24) is 10.2 Å². The zero-order valence-electron chi connectivity index (χ0n) is 14.0. The highest BCUT2D eigenvalue weighted by atomic mass is 19.4. The van der Waals surface area contributed by atoms with Gasteiger partial charge in [-0.2, -0.15) is 26.3 Å². The van der Waals surface area contributed by atoms with Crippen LogP contribution in [0.4, 0.5) is 30.7 Å². The number of rotatable bonds is 5. The third kappa shape index (κ3) is 4.72. The monoisotopic (exact) mass is 398 g/mol. The van der Waals surface area contributed by atoms with E-state index in [1.54, 1.807) is 4.90 Å². The maximum Gasteiger partial charge on any atom is 0.419 e. The number of fused-ring (bicyclic) bond motifs is 1. The number of alkyl halides is 6. The van der Waals surface area contributed by atoms with Crippen molar-refractivity contribution in [3.8, 4) is 0 Å². The molecule has 2 atom stereocenters. The fourth-order valence-electron chi connectivity index (χ4n) is 3.68. The summed E-state index contributed by atoms with van der Waals surface area (Å²) in [5.41, 5.74) is -1.27. The standard InChI is InChI=1S/C17H17F7N2O/c18-13-2-1-9(5-12(13)17(22,23)24)6-25-15(27)14-10-7-26(8-11(10)14)4-3-16(19,20)21/h1-2,5,10-11,14H,3-4,6-8H2,(H,25,27). The van der Waals surface area contributed by atoms with Crippen molar-refractivity contribution in [2.45, 2.75) is 25.3 Å². The number of benzene rings is 1. The lowest BCUT2D eigenvalue weighted by Gasteiger charge is -2.20. The Morgan fingerprint density at radius 3 is 2.30 bits per heavy atom. The van der Waals surface area contributed by atoms with Crippen LogP contribution in [-0.4, -0.2) is 36.6 Å². The van der Waals surface area contributed by atoms with Gasteiger partial charge in [0.15, 0.2) is 0 Å². The van der Waals surface area contributed by atoms with Crippen LogP contribution in [0.5, 0.6) is 0 Å². The molecule has 3 nitrogen and oxygen atoms in total. The molecule has 27 heavy (non-hydrogen) atoms. The van der Waals surface area contributed by atoms with Crippen molar-refractivity contribution in [2.75, 3.05) is 19.6 Å². The van der Waals surface area contributed by atoms with E-state index in [1.807, 2.05) is 0 Å². The van der Waals surface area contributed by atoms with Gasteiger partial charge < -0.3 is 10.2 Å². The molecule has 0 bridgehead atoms. The quantitative estimate of drug-likeness (QED) is 0.769. The average molecular weight is 398 g/mol. The first-order valence-corrected chi connectivity index (χ1v) is 8.38. The Morgan fingerprint density at radius 1 is 1.11 bits per heavy atom. The summed E-state index contributed by atoms with van der Waals surface area (Å²) >= 11 is 0. The number of likely N-dealkylation sites (tertiary alicyclic amines) is 1. The van der Waals surface area contributed by atoms with E-state index in [0.717, 1.165) is 6.07 Å². The molecule has 2 fully saturated rings. The van der Waals surface area contributed by atoms with Gasteiger partial charge in [0, 0.05) is 32.1 Å².